The normalized spacial score (nSPS) is 14.6. The molecule has 1 saturated carbocycles. The number of rotatable bonds is 7. The Hall–Kier alpha value is -0.830. The average molecular weight is 435 g/mol. The molecule has 7 heteroatoms. The van der Waals surface area contributed by atoms with Gasteiger partial charge in [-0.1, -0.05) is 0 Å². The predicted octanol–water partition coefficient (Wildman–Crippen LogP) is 2.09. The second-order valence-corrected chi connectivity index (χ2v) is 6.11. The molecule has 0 saturated heterocycles. The van der Waals surface area contributed by atoms with Crippen molar-refractivity contribution in [3.05, 3.63) is 17.0 Å². The molecule has 0 atom stereocenters. The molecule has 1 aromatic rings. The Morgan fingerprint density at radius 1 is 1.43 bits per heavy atom. The standard InChI is InChI=1S/C16H29N5O.HI/c1-12-15(13(2)21(5)19-12)10-18-16(17-3)20(4)8-9-22-11-14-6-7-14;/h14H,6-11H2,1-5H3,(H,17,18);1H. The van der Waals surface area contributed by atoms with Gasteiger partial charge in [-0.05, 0) is 32.6 Å². The molecule has 2 rings (SSSR count). The molecule has 0 radical (unpaired) electrons. The zero-order valence-electron chi connectivity index (χ0n) is 14.9. The first-order chi connectivity index (χ1) is 10.5. The number of aliphatic imine (C=N–C) groups is 1. The van der Waals surface area contributed by atoms with Crippen molar-refractivity contribution in [3.63, 3.8) is 0 Å². The molecule has 1 aromatic heterocycles. The maximum Gasteiger partial charge on any atom is 0.193 e. The Morgan fingerprint density at radius 3 is 2.65 bits per heavy atom. The van der Waals surface area contributed by atoms with E-state index in [4.69, 9.17) is 4.74 Å². The maximum absolute atomic E-state index is 5.69. The van der Waals surface area contributed by atoms with Crippen molar-refractivity contribution in [3.8, 4) is 0 Å². The lowest BCUT2D eigenvalue weighted by molar-refractivity contribution is 0.115. The highest BCUT2D eigenvalue weighted by Crippen LogP contribution is 2.28. The van der Waals surface area contributed by atoms with Crippen LogP contribution in [0.5, 0.6) is 0 Å². The van der Waals surface area contributed by atoms with Gasteiger partial charge < -0.3 is 15.0 Å². The van der Waals surface area contributed by atoms with Crippen molar-refractivity contribution in [2.75, 3.05) is 33.9 Å². The monoisotopic (exact) mass is 435 g/mol. The van der Waals surface area contributed by atoms with Crippen LogP contribution in [0.2, 0.25) is 0 Å². The van der Waals surface area contributed by atoms with Crippen molar-refractivity contribution in [2.24, 2.45) is 18.0 Å². The summed E-state index contributed by atoms with van der Waals surface area (Å²) in [7, 11) is 5.83. The summed E-state index contributed by atoms with van der Waals surface area (Å²) in [4.78, 5) is 6.45. The molecule has 23 heavy (non-hydrogen) atoms. The molecular weight excluding hydrogens is 405 g/mol. The lowest BCUT2D eigenvalue weighted by Gasteiger charge is -2.22. The number of likely N-dealkylation sites (N-methyl/N-ethyl adjacent to an activating group) is 1. The van der Waals surface area contributed by atoms with Gasteiger partial charge in [0.05, 0.1) is 12.3 Å². The summed E-state index contributed by atoms with van der Waals surface area (Å²) < 4.78 is 7.61. The van der Waals surface area contributed by atoms with E-state index in [9.17, 15) is 0 Å². The van der Waals surface area contributed by atoms with Gasteiger partial charge in [0.15, 0.2) is 5.96 Å². The third-order valence-electron chi connectivity index (χ3n) is 4.28. The summed E-state index contributed by atoms with van der Waals surface area (Å²) in [6.45, 7) is 7.38. The van der Waals surface area contributed by atoms with E-state index in [1.807, 2.05) is 32.7 Å². The van der Waals surface area contributed by atoms with Gasteiger partial charge in [-0.15, -0.1) is 24.0 Å². The fourth-order valence-electron chi connectivity index (χ4n) is 2.47. The lowest BCUT2D eigenvalue weighted by atomic mass is 10.2. The summed E-state index contributed by atoms with van der Waals surface area (Å²) in [5.41, 5.74) is 3.50. The highest BCUT2D eigenvalue weighted by Gasteiger charge is 2.21. The number of aromatic nitrogens is 2. The van der Waals surface area contributed by atoms with Crippen LogP contribution in [0.4, 0.5) is 0 Å². The van der Waals surface area contributed by atoms with E-state index in [1.54, 1.807) is 0 Å². The molecule has 6 nitrogen and oxygen atoms in total. The third-order valence-corrected chi connectivity index (χ3v) is 4.28. The number of aryl methyl sites for hydroxylation is 2. The predicted molar refractivity (Wildman–Crippen MR) is 104 cm³/mol. The number of nitrogens with zero attached hydrogens (tertiary/aromatic N) is 4. The van der Waals surface area contributed by atoms with Crippen molar-refractivity contribution in [1.29, 1.82) is 0 Å². The minimum absolute atomic E-state index is 0. The molecule has 1 N–H and O–H groups in total. The Balaban J connectivity index is 0.00000264. The Bertz CT molecular complexity index is 525. The number of guanidine groups is 1. The van der Waals surface area contributed by atoms with Crippen LogP contribution in [0, 0.1) is 19.8 Å². The fraction of sp³-hybridized carbons (Fsp3) is 0.750. The smallest absolute Gasteiger partial charge is 0.193 e. The average Bonchev–Trinajstić information content (AvgIpc) is 3.27. The zero-order valence-corrected chi connectivity index (χ0v) is 17.3. The van der Waals surface area contributed by atoms with E-state index in [2.05, 4.69) is 27.2 Å². The summed E-state index contributed by atoms with van der Waals surface area (Å²) in [6.07, 6.45) is 2.67. The molecule has 0 bridgehead atoms. The number of hydrogen-bond acceptors (Lipinski definition) is 3. The van der Waals surface area contributed by atoms with Gasteiger partial charge in [-0.25, -0.2) is 0 Å². The lowest BCUT2D eigenvalue weighted by Crippen LogP contribution is -2.40. The Kier molecular flexibility index (Phi) is 8.32. The van der Waals surface area contributed by atoms with Gasteiger partial charge in [0, 0.05) is 52.1 Å². The van der Waals surface area contributed by atoms with E-state index >= 15 is 0 Å². The zero-order chi connectivity index (χ0) is 16.1. The summed E-state index contributed by atoms with van der Waals surface area (Å²) in [5, 5.41) is 7.86. The Morgan fingerprint density at radius 2 is 2.13 bits per heavy atom. The number of halogens is 1. The first-order valence-electron chi connectivity index (χ1n) is 8.01. The molecular formula is C16H30IN5O. The number of nitrogens with one attached hydrogen (secondary N) is 1. The second kappa shape index (κ2) is 9.46. The maximum atomic E-state index is 5.69. The Labute approximate surface area is 156 Å². The molecule has 1 fully saturated rings. The molecule has 1 heterocycles. The number of hydrogen-bond donors (Lipinski definition) is 1. The molecule has 0 aliphatic heterocycles. The van der Waals surface area contributed by atoms with Gasteiger partial charge in [-0.3, -0.25) is 9.67 Å². The van der Waals surface area contributed by atoms with Crippen LogP contribution in [0.3, 0.4) is 0 Å². The first-order valence-corrected chi connectivity index (χ1v) is 8.01. The quantitative estimate of drug-likeness (QED) is 0.309. The van der Waals surface area contributed by atoms with Gasteiger partial charge in [0.25, 0.3) is 0 Å². The molecule has 0 aromatic carbocycles. The van der Waals surface area contributed by atoms with Gasteiger partial charge in [-0.2, -0.15) is 5.10 Å². The van der Waals surface area contributed by atoms with Gasteiger partial charge in [0.2, 0.25) is 0 Å². The van der Waals surface area contributed by atoms with E-state index in [-0.39, 0.29) is 24.0 Å². The summed E-state index contributed by atoms with van der Waals surface area (Å²) >= 11 is 0. The van der Waals surface area contributed by atoms with Crippen LogP contribution in [0.15, 0.2) is 4.99 Å². The van der Waals surface area contributed by atoms with Crippen LogP contribution >= 0.6 is 24.0 Å². The van der Waals surface area contributed by atoms with Crippen LogP contribution in [0.25, 0.3) is 0 Å². The highest BCUT2D eigenvalue weighted by molar-refractivity contribution is 14.0. The SMILES string of the molecule is CN=C(NCc1c(C)nn(C)c1C)N(C)CCOCC1CC1.I. The summed E-state index contributed by atoms with van der Waals surface area (Å²) in [6, 6.07) is 0. The van der Waals surface area contributed by atoms with Crippen molar-refractivity contribution < 1.29 is 4.74 Å². The molecule has 0 spiro atoms. The fourth-order valence-corrected chi connectivity index (χ4v) is 2.47. The topological polar surface area (TPSA) is 54.7 Å². The molecule has 1 aliphatic rings. The van der Waals surface area contributed by atoms with Gasteiger partial charge >= 0.3 is 0 Å². The minimum atomic E-state index is 0. The molecule has 0 unspecified atom stereocenters. The third kappa shape index (κ3) is 5.95. The van der Waals surface area contributed by atoms with E-state index in [1.165, 1.54) is 24.1 Å². The molecule has 132 valence electrons. The van der Waals surface area contributed by atoms with Crippen LogP contribution in [-0.4, -0.2) is 54.5 Å². The van der Waals surface area contributed by atoms with E-state index < -0.39 is 0 Å². The van der Waals surface area contributed by atoms with Crippen LogP contribution < -0.4 is 5.32 Å². The highest BCUT2D eigenvalue weighted by atomic mass is 127. The summed E-state index contributed by atoms with van der Waals surface area (Å²) in [5.74, 6) is 1.71. The van der Waals surface area contributed by atoms with Crippen LogP contribution in [-0.2, 0) is 18.3 Å². The molecule has 1 aliphatic carbocycles. The van der Waals surface area contributed by atoms with E-state index in [0.29, 0.717) is 0 Å². The molecule has 0 amide bonds. The second-order valence-electron chi connectivity index (χ2n) is 6.11. The largest absolute Gasteiger partial charge is 0.379 e. The van der Waals surface area contributed by atoms with Gasteiger partial charge in [0.1, 0.15) is 0 Å². The minimum Gasteiger partial charge on any atom is -0.379 e. The first kappa shape index (κ1) is 20.2. The number of ether oxygens (including phenoxy) is 1. The van der Waals surface area contributed by atoms with Crippen LogP contribution in [0.1, 0.15) is 29.8 Å². The van der Waals surface area contributed by atoms with Crippen molar-refractivity contribution in [1.82, 2.24) is 20.0 Å². The van der Waals surface area contributed by atoms with Crippen molar-refractivity contribution in [2.45, 2.75) is 33.2 Å². The van der Waals surface area contributed by atoms with Crippen molar-refractivity contribution >= 4 is 29.9 Å². The van der Waals surface area contributed by atoms with E-state index in [0.717, 1.165) is 43.9 Å².